The van der Waals surface area contributed by atoms with Crippen LogP contribution in [0.3, 0.4) is 0 Å². The molecule has 0 saturated heterocycles. The van der Waals surface area contributed by atoms with Gasteiger partial charge in [0, 0.05) is 23.1 Å². The van der Waals surface area contributed by atoms with E-state index in [2.05, 4.69) is 25.8 Å². The normalized spacial score (nSPS) is 12.6. The molecule has 0 atom stereocenters. The van der Waals surface area contributed by atoms with Gasteiger partial charge in [0.05, 0.1) is 17.9 Å². The number of benzene rings is 1. The van der Waals surface area contributed by atoms with Crippen molar-refractivity contribution in [3.8, 4) is 11.4 Å². The highest BCUT2D eigenvalue weighted by atomic mass is 32.2. The van der Waals surface area contributed by atoms with Crippen LogP contribution in [0.15, 0.2) is 29.4 Å². The van der Waals surface area contributed by atoms with E-state index in [1.165, 1.54) is 30.0 Å². The third kappa shape index (κ3) is 5.65. The van der Waals surface area contributed by atoms with Crippen molar-refractivity contribution in [2.75, 3.05) is 23.0 Å². The first kappa shape index (κ1) is 24.0. The molecule has 4 rings (SSSR count). The second kappa shape index (κ2) is 10.8. The smallest absolute Gasteiger partial charge is 0.341 e. The highest BCUT2D eigenvalue weighted by molar-refractivity contribution is 7.99. The minimum absolute atomic E-state index is 0.0913. The monoisotopic (exact) mass is 499 g/mol. The van der Waals surface area contributed by atoms with Crippen molar-refractivity contribution in [3.05, 3.63) is 40.3 Å². The average molecular weight is 500 g/mol. The predicted molar refractivity (Wildman–Crippen MR) is 132 cm³/mol. The second-order valence-corrected chi connectivity index (χ2v) is 9.75. The molecule has 3 N–H and O–H groups in total. The van der Waals surface area contributed by atoms with Crippen molar-refractivity contribution in [1.82, 2.24) is 15.2 Å². The molecule has 0 aliphatic heterocycles. The van der Waals surface area contributed by atoms with Gasteiger partial charge in [-0.25, -0.2) is 9.78 Å². The summed E-state index contributed by atoms with van der Waals surface area (Å²) < 4.78 is 5.24. The number of nitrogens with zero attached hydrogens (tertiary/aromatic N) is 2. The van der Waals surface area contributed by atoms with Gasteiger partial charge < -0.3 is 15.4 Å². The van der Waals surface area contributed by atoms with E-state index in [1.807, 2.05) is 12.1 Å². The SMILES string of the molecule is CCOC(=O)c1c(NC(=O)CSc2n[nH]c(-c3cccc(NC(C)=O)c3)n2)sc2c1CCCC2. The van der Waals surface area contributed by atoms with Crippen LogP contribution in [0.1, 0.15) is 47.5 Å². The number of fused-ring (bicyclic) bond motifs is 1. The first-order chi connectivity index (χ1) is 16.4. The number of rotatable bonds is 8. The fraction of sp³-hybridized carbons (Fsp3) is 0.348. The number of aryl methyl sites for hydroxylation is 1. The Morgan fingerprint density at radius 1 is 1.21 bits per heavy atom. The van der Waals surface area contributed by atoms with E-state index in [4.69, 9.17) is 4.74 Å². The second-order valence-electron chi connectivity index (χ2n) is 7.70. The number of amides is 2. The number of hydrogen-bond donors (Lipinski definition) is 3. The Kier molecular flexibility index (Phi) is 7.63. The van der Waals surface area contributed by atoms with E-state index < -0.39 is 0 Å². The molecule has 9 nitrogen and oxygen atoms in total. The maximum atomic E-state index is 12.7. The number of H-pyrrole nitrogens is 1. The Labute approximate surface area is 205 Å². The maximum absolute atomic E-state index is 12.7. The van der Waals surface area contributed by atoms with Gasteiger partial charge in [-0.1, -0.05) is 23.9 Å². The Hall–Kier alpha value is -3.18. The largest absolute Gasteiger partial charge is 0.462 e. The topological polar surface area (TPSA) is 126 Å². The van der Waals surface area contributed by atoms with Gasteiger partial charge >= 0.3 is 5.97 Å². The van der Waals surface area contributed by atoms with Crippen molar-refractivity contribution in [2.24, 2.45) is 0 Å². The van der Waals surface area contributed by atoms with Gasteiger partial charge in [0.15, 0.2) is 5.82 Å². The minimum Gasteiger partial charge on any atom is -0.462 e. The van der Waals surface area contributed by atoms with Crippen molar-refractivity contribution in [2.45, 2.75) is 44.7 Å². The molecule has 178 valence electrons. The fourth-order valence-electron chi connectivity index (χ4n) is 3.75. The third-order valence-electron chi connectivity index (χ3n) is 5.16. The number of carbonyl (C=O) groups is 3. The van der Waals surface area contributed by atoms with Crippen molar-refractivity contribution in [3.63, 3.8) is 0 Å². The number of esters is 1. The van der Waals surface area contributed by atoms with Crippen molar-refractivity contribution >= 4 is 51.6 Å². The molecule has 1 aliphatic carbocycles. The Morgan fingerprint density at radius 2 is 2.03 bits per heavy atom. The Morgan fingerprint density at radius 3 is 2.82 bits per heavy atom. The molecule has 1 aromatic carbocycles. The lowest BCUT2D eigenvalue weighted by Crippen LogP contribution is -2.17. The van der Waals surface area contributed by atoms with Gasteiger partial charge in [-0.05, 0) is 50.3 Å². The molecule has 0 fully saturated rings. The van der Waals surface area contributed by atoms with Gasteiger partial charge in [0.2, 0.25) is 17.0 Å². The summed E-state index contributed by atoms with van der Waals surface area (Å²) in [4.78, 5) is 42.1. The van der Waals surface area contributed by atoms with Crippen LogP contribution in [0.2, 0.25) is 0 Å². The van der Waals surface area contributed by atoms with Gasteiger partial charge in [-0.15, -0.1) is 16.4 Å². The van der Waals surface area contributed by atoms with Gasteiger partial charge in [-0.3, -0.25) is 14.7 Å². The third-order valence-corrected chi connectivity index (χ3v) is 7.21. The highest BCUT2D eigenvalue weighted by Crippen LogP contribution is 2.38. The summed E-state index contributed by atoms with van der Waals surface area (Å²) in [7, 11) is 0. The molecule has 0 radical (unpaired) electrons. The summed E-state index contributed by atoms with van der Waals surface area (Å²) in [5.41, 5.74) is 2.93. The number of ether oxygens (including phenoxy) is 1. The quantitative estimate of drug-likeness (QED) is 0.312. The van der Waals surface area contributed by atoms with E-state index in [-0.39, 0.29) is 30.1 Å². The van der Waals surface area contributed by atoms with E-state index in [9.17, 15) is 14.4 Å². The summed E-state index contributed by atoms with van der Waals surface area (Å²) in [6.07, 6.45) is 3.86. The standard InChI is InChI=1S/C23H25N5O4S2/c1-3-32-22(31)19-16-9-4-5-10-17(16)34-21(19)25-18(30)12-33-23-26-20(27-28-23)14-7-6-8-15(11-14)24-13(2)29/h6-8,11H,3-5,9-10,12H2,1-2H3,(H,24,29)(H,25,30)(H,26,27,28). The molecule has 11 heteroatoms. The van der Waals surface area contributed by atoms with Crippen molar-refractivity contribution < 1.29 is 19.1 Å². The molecule has 1 aliphatic rings. The average Bonchev–Trinajstić information content (AvgIpc) is 3.42. The summed E-state index contributed by atoms with van der Waals surface area (Å²) in [5, 5.41) is 13.6. The molecule has 0 saturated carbocycles. The van der Waals surface area contributed by atoms with E-state index in [0.29, 0.717) is 27.2 Å². The summed E-state index contributed by atoms with van der Waals surface area (Å²) in [5.74, 6) is -0.160. The predicted octanol–water partition coefficient (Wildman–Crippen LogP) is 4.28. The molecule has 0 unspecified atom stereocenters. The molecular formula is C23H25N5O4S2. The van der Waals surface area contributed by atoms with Crippen LogP contribution in [0.4, 0.5) is 10.7 Å². The number of anilines is 2. The first-order valence-corrected chi connectivity index (χ1v) is 12.8. The Bertz CT molecular complexity index is 1220. The van der Waals surface area contributed by atoms with E-state index in [0.717, 1.165) is 41.7 Å². The molecule has 0 spiro atoms. The molecular weight excluding hydrogens is 474 g/mol. The molecule has 34 heavy (non-hydrogen) atoms. The van der Waals surface area contributed by atoms with Crippen LogP contribution in [0, 0.1) is 0 Å². The molecule has 2 heterocycles. The number of thiophene rings is 1. The van der Waals surface area contributed by atoms with Gasteiger partial charge in [0.1, 0.15) is 5.00 Å². The number of aromatic nitrogens is 3. The van der Waals surface area contributed by atoms with Crippen LogP contribution in [0.25, 0.3) is 11.4 Å². The van der Waals surface area contributed by atoms with Gasteiger partial charge in [0.25, 0.3) is 0 Å². The van der Waals surface area contributed by atoms with Crippen LogP contribution >= 0.6 is 23.1 Å². The first-order valence-electron chi connectivity index (χ1n) is 11.0. The van der Waals surface area contributed by atoms with Crippen LogP contribution in [0.5, 0.6) is 0 Å². The maximum Gasteiger partial charge on any atom is 0.341 e. The van der Waals surface area contributed by atoms with Gasteiger partial charge in [-0.2, -0.15) is 0 Å². The number of aromatic amines is 1. The number of nitrogens with one attached hydrogen (secondary N) is 3. The summed E-state index contributed by atoms with van der Waals surface area (Å²) in [6.45, 7) is 3.50. The van der Waals surface area contributed by atoms with Crippen LogP contribution in [-0.2, 0) is 27.2 Å². The summed E-state index contributed by atoms with van der Waals surface area (Å²) >= 11 is 2.65. The Balaban J connectivity index is 1.41. The molecule has 2 amide bonds. The molecule has 2 aromatic heterocycles. The zero-order chi connectivity index (χ0) is 24.1. The van der Waals surface area contributed by atoms with E-state index in [1.54, 1.807) is 19.1 Å². The molecule has 3 aromatic rings. The van der Waals surface area contributed by atoms with Crippen LogP contribution in [-0.4, -0.2) is 45.3 Å². The lowest BCUT2D eigenvalue weighted by atomic mass is 9.95. The summed E-state index contributed by atoms with van der Waals surface area (Å²) in [6, 6.07) is 7.24. The molecule has 0 bridgehead atoms. The van der Waals surface area contributed by atoms with E-state index >= 15 is 0 Å². The zero-order valence-corrected chi connectivity index (χ0v) is 20.5. The number of carbonyl (C=O) groups excluding carboxylic acids is 3. The number of thioether (sulfide) groups is 1. The lowest BCUT2D eigenvalue weighted by Gasteiger charge is -2.12. The highest BCUT2D eigenvalue weighted by Gasteiger charge is 2.27. The zero-order valence-electron chi connectivity index (χ0n) is 18.9. The fourth-order valence-corrected chi connectivity index (χ4v) is 5.65. The van der Waals surface area contributed by atoms with Crippen LogP contribution < -0.4 is 10.6 Å². The lowest BCUT2D eigenvalue weighted by molar-refractivity contribution is -0.114. The van der Waals surface area contributed by atoms with Crippen molar-refractivity contribution in [1.29, 1.82) is 0 Å². The minimum atomic E-state index is -0.384. The number of hydrogen-bond acceptors (Lipinski definition) is 8.